The van der Waals surface area contributed by atoms with E-state index >= 15 is 0 Å². The van der Waals surface area contributed by atoms with Crippen LogP contribution in [0.1, 0.15) is 35.4 Å². The number of carbonyl (C=O) groups is 1. The summed E-state index contributed by atoms with van der Waals surface area (Å²) in [5.41, 5.74) is 3.68. The van der Waals surface area contributed by atoms with Crippen molar-refractivity contribution in [3.8, 4) is 11.5 Å². The molecule has 0 radical (unpaired) electrons. The van der Waals surface area contributed by atoms with Gasteiger partial charge in [0, 0.05) is 29.5 Å². The van der Waals surface area contributed by atoms with Crippen molar-refractivity contribution in [2.45, 2.75) is 38.5 Å². The second-order valence-corrected chi connectivity index (χ2v) is 10.1. The van der Waals surface area contributed by atoms with E-state index in [4.69, 9.17) is 4.42 Å². The first-order valence-corrected chi connectivity index (χ1v) is 13.1. The summed E-state index contributed by atoms with van der Waals surface area (Å²) in [5.74, 6) is 0.603. The molecule has 1 unspecified atom stereocenters. The Morgan fingerprint density at radius 2 is 1.76 bits per heavy atom. The van der Waals surface area contributed by atoms with Crippen molar-refractivity contribution in [1.29, 1.82) is 0 Å². The van der Waals surface area contributed by atoms with Gasteiger partial charge in [-0.2, -0.15) is 0 Å². The van der Waals surface area contributed by atoms with Crippen LogP contribution in [0.15, 0.2) is 52.9 Å². The molecular weight excluding hydrogens is 453 g/mol. The van der Waals surface area contributed by atoms with Crippen LogP contribution in [0, 0.1) is 12.7 Å². The number of likely N-dealkylation sites (tertiary alicyclic amines) is 1. The van der Waals surface area contributed by atoms with Crippen LogP contribution >= 0.6 is 0 Å². The first-order valence-electron chi connectivity index (χ1n) is 11.6. The van der Waals surface area contributed by atoms with Crippen LogP contribution in [-0.2, 0) is 34.3 Å². The molecule has 1 atom stereocenters. The Labute approximate surface area is 202 Å². The Balaban J connectivity index is 1.26. The molecule has 6 nitrogen and oxygen atoms in total. The van der Waals surface area contributed by atoms with Gasteiger partial charge < -0.3 is 9.73 Å². The van der Waals surface area contributed by atoms with E-state index in [1.807, 2.05) is 12.1 Å². The number of halogens is 1. The average Bonchev–Trinajstić information content (AvgIpc) is 3.45. The van der Waals surface area contributed by atoms with Gasteiger partial charge in [-0.25, -0.2) is 9.37 Å². The third kappa shape index (κ3) is 6.84. The first kappa shape index (κ1) is 24.3. The lowest BCUT2D eigenvalue weighted by Crippen LogP contribution is -2.30. The number of carbonyl (C=O) groups excluding carboxylic acids is 1. The number of rotatable bonds is 10. The molecule has 0 aliphatic carbocycles. The van der Waals surface area contributed by atoms with Gasteiger partial charge in [0.25, 0.3) is 0 Å². The highest BCUT2D eigenvalue weighted by atomic mass is 32.2. The maximum Gasteiger partial charge on any atom is 0.232 e. The normalized spacial score (nSPS) is 14.9. The standard InChI is InChI=1S/C26H30FN3O3S/c1-19-24(17-34(32)18-25(31)28-13-12-20-6-10-23(27)11-7-20)29-26(33-19)22-8-4-21(5-9-22)16-30-14-2-3-15-30/h4-11H,2-3,12-18H2,1H3,(H,28,31). The molecule has 34 heavy (non-hydrogen) atoms. The highest BCUT2D eigenvalue weighted by Crippen LogP contribution is 2.24. The van der Waals surface area contributed by atoms with E-state index in [-0.39, 0.29) is 23.2 Å². The molecule has 1 saturated heterocycles. The summed E-state index contributed by atoms with van der Waals surface area (Å²) in [6.07, 6.45) is 3.13. The van der Waals surface area contributed by atoms with Crippen LogP contribution in [0.5, 0.6) is 0 Å². The minimum Gasteiger partial charge on any atom is -0.441 e. The quantitative estimate of drug-likeness (QED) is 0.472. The number of aryl methyl sites for hydroxylation is 1. The van der Waals surface area contributed by atoms with E-state index in [9.17, 15) is 13.4 Å². The number of benzene rings is 2. The lowest BCUT2D eigenvalue weighted by atomic mass is 10.1. The van der Waals surface area contributed by atoms with E-state index in [2.05, 4.69) is 27.3 Å². The molecular formula is C26H30FN3O3S. The number of hydrogen-bond donors (Lipinski definition) is 1. The smallest absolute Gasteiger partial charge is 0.232 e. The first-order chi connectivity index (χ1) is 16.5. The SMILES string of the molecule is Cc1oc(-c2ccc(CN3CCCC3)cc2)nc1CS(=O)CC(=O)NCCc1ccc(F)cc1. The van der Waals surface area contributed by atoms with Gasteiger partial charge in [-0.3, -0.25) is 13.9 Å². The van der Waals surface area contributed by atoms with Crippen LogP contribution < -0.4 is 5.32 Å². The fourth-order valence-electron chi connectivity index (χ4n) is 4.04. The van der Waals surface area contributed by atoms with Crippen molar-refractivity contribution >= 4 is 16.7 Å². The maximum atomic E-state index is 13.0. The van der Waals surface area contributed by atoms with E-state index < -0.39 is 10.8 Å². The minimum atomic E-state index is -1.40. The monoisotopic (exact) mass is 483 g/mol. The van der Waals surface area contributed by atoms with Crippen molar-refractivity contribution in [3.05, 3.63) is 76.9 Å². The van der Waals surface area contributed by atoms with E-state index in [1.54, 1.807) is 19.1 Å². The third-order valence-corrected chi connectivity index (χ3v) is 7.12. The summed E-state index contributed by atoms with van der Waals surface area (Å²) in [4.78, 5) is 19.1. The summed E-state index contributed by atoms with van der Waals surface area (Å²) in [7, 11) is -1.40. The van der Waals surface area contributed by atoms with Crippen LogP contribution in [0.4, 0.5) is 4.39 Å². The zero-order chi connectivity index (χ0) is 23.9. The average molecular weight is 484 g/mol. The molecule has 0 saturated carbocycles. The Morgan fingerprint density at radius 3 is 2.47 bits per heavy atom. The van der Waals surface area contributed by atoms with Gasteiger partial charge in [-0.1, -0.05) is 24.3 Å². The van der Waals surface area contributed by atoms with Crippen molar-refractivity contribution < 1.29 is 17.8 Å². The van der Waals surface area contributed by atoms with Crippen molar-refractivity contribution in [2.75, 3.05) is 25.4 Å². The molecule has 180 valence electrons. The molecule has 4 rings (SSSR count). The van der Waals surface area contributed by atoms with Gasteiger partial charge in [-0.15, -0.1) is 0 Å². The summed E-state index contributed by atoms with van der Waals surface area (Å²) >= 11 is 0. The van der Waals surface area contributed by atoms with E-state index in [1.165, 1.54) is 30.5 Å². The third-order valence-electron chi connectivity index (χ3n) is 5.94. The molecule has 0 bridgehead atoms. The highest BCUT2D eigenvalue weighted by Gasteiger charge is 2.17. The topological polar surface area (TPSA) is 75.4 Å². The number of nitrogens with zero attached hydrogens (tertiary/aromatic N) is 2. The second-order valence-electron chi connectivity index (χ2n) is 8.66. The molecule has 1 amide bonds. The predicted molar refractivity (Wildman–Crippen MR) is 131 cm³/mol. The zero-order valence-electron chi connectivity index (χ0n) is 19.4. The van der Waals surface area contributed by atoms with Gasteiger partial charge in [0.2, 0.25) is 11.8 Å². The Morgan fingerprint density at radius 1 is 1.09 bits per heavy atom. The molecule has 3 aromatic rings. The lowest BCUT2D eigenvalue weighted by molar-refractivity contribution is -0.118. The molecule has 1 aromatic heterocycles. The van der Waals surface area contributed by atoms with Gasteiger partial charge in [0.1, 0.15) is 17.3 Å². The minimum absolute atomic E-state index is 0.101. The molecule has 1 aliphatic heterocycles. The number of amides is 1. The van der Waals surface area contributed by atoms with Crippen molar-refractivity contribution in [1.82, 2.24) is 15.2 Å². The number of hydrogen-bond acceptors (Lipinski definition) is 5. The van der Waals surface area contributed by atoms with Gasteiger partial charge >= 0.3 is 0 Å². The van der Waals surface area contributed by atoms with Gasteiger partial charge in [0.15, 0.2) is 0 Å². The molecule has 1 N–H and O–H groups in total. The fraction of sp³-hybridized carbons (Fsp3) is 0.385. The summed E-state index contributed by atoms with van der Waals surface area (Å²) in [6, 6.07) is 14.4. The van der Waals surface area contributed by atoms with Gasteiger partial charge in [0.05, 0.1) is 11.4 Å². The number of aromatic nitrogens is 1. The van der Waals surface area contributed by atoms with Crippen molar-refractivity contribution in [2.24, 2.45) is 0 Å². The predicted octanol–water partition coefficient (Wildman–Crippen LogP) is 3.99. The largest absolute Gasteiger partial charge is 0.441 e. The Bertz CT molecular complexity index is 1120. The Hall–Kier alpha value is -2.84. The van der Waals surface area contributed by atoms with Crippen LogP contribution in [0.3, 0.4) is 0 Å². The zero-order valence-corrected chi connectivity index (χ0v) is 20.2. The Kier molecular flexibility index (Phi) is 8.24. The molecule has 8 heteroatoms. The van der Waals surface area contributed by atoms with Crippen LogP contribution in [0.25, 0.3) is 11.5 Å². The molecule has 1 aliphatic rings. The van der Waals surface area contributed by atoms with E-state index in [0.717, 1.165) is 30.8 Å². The van der Waals surface area contributed by atoms with E-state index in [0.29, 0.717) is 30.3 Å². The molecule has 1 fully saturated rings. The summed E-state index contributed by atoms with van der Waals surface area (Å²) in [6.45, 7) is 5.48. The second kappa shape index (κ2) is 11.5. The van der Waals surface area contributed by atoms with Crippen LogP contribution in [-0.4, -0.2) is 45.4 Å². The lowest BCUT2D eigenvalue weighted by Gasteiger charge is -2.14. The summed E-state index contributed by atoms with van der Waals surface area (Å²) in [5, 5.41) is 2.77. The van der Waals surface area contributed by atoms with Gasteiger partial charge in [-0.05, 0) is 74.7 Å². The maximum absolute atomic E-state index is 13.0. The summed E-state index contributed by atoms with van der Waals surface area (Å²) < 4.78 is 31.3. The van der Waals surface area contributed by atoms with Crippen LogP contribution in [0.2, 0.25) is 0 Å². The number of oxazole rings is 1. The molecule has 0 spiro atoms. The highest BCUT2D eigenvalue weighted by molar-refractivity contribution is 7.84. The number of nitrogens with one attached hydrogen (secondary N) is 1. The molecule has 2 heterocycles. The van der Waals surface area contributed by atoms with Crippen molar-refractivity contribution in [3.63, 3.8) is 0 Å². The fourth-order valence-corrected chi connectivity index (χ4v) is 5.10. The molecule has 2 aromatic carbocycles.